The number of rotatable bonds is 3. The lowest BCUT2D eigenvalue weighted by Crippen LogP contribution is -2.09. The summed E-state index contributed by atoms with van der Waals surface area (Å²) in [5, 5.41) is 0.706. The van der Waals surface area contributed by atoms with Gasteiger partial charge in [0.25, 0.3) is 0 Å². The lowest BCUT2D eigenvalue weighted by atomic mass is 10.2. The highest BCUT2D eigenvalue weighted by Gasteiger charge is 2.09. The van der Waals surface area contributed by atoms with Gasteiger partial charge in [-0.25, -0.2) is 0 Å². The van der Waals surface area contributed by atoms with Crippen LogP contribution in [0.1, 0.15) is 0 Å². The van der Waals surface area contributed by atoms with E-state index in [1.54, 1.807) is 7.11 Å². The van der Waals surface area contributed by atoms with Crippen molar-refractivity contribution >= 4 is 23.0 Å². The third kappa shape index (κ3) is 2.53. The molecule has 0 aliphatic heterocycles. The Bertz CT molecular complexity index is 499. The number of para-hydroxylation sites is 1. The third-order valence-electron chi connectivity index (χ3n) is 2.66. The van der Waals surface area contributed by atoms with Crippen molar-refractivity contribution < 1.29 is 4.74 Å². The average Bonchev–Trinajstić information content (AvgIpc) is 2.39. The highest BCUT2D eigenvalue weighted by molar-refractivity contribution is 6.33. The lowest BCUT2D eigenvalue weighted by molar-refractivity contribution is 0.415. The van der Waals surface area contributed by atoms with Gasteiger partial charge < -0.3 is 9.64 Å². The largest absolute Gasteiger partial charge is 0.497 e. The second-order valence-corrected chi connectivity index (χ2v) is 4.12. The van der Waals surface area contributed by atoms with Crippen LogP contribution in [-0.4, -0.2) is 14.2 Å². The van der Waals surface area contributed by atoms with Crippen molar-refractivity contribution in [2.45, 2.75) is 0 Å². The highest BCUT2D eigenvalue weighted by atomic mass is 35.5. The van der Waals surface area contributed by atoms with Gasteiger partial charge in [0.05, 0.1) is 17.8 Å². The van der Waals surface area contributed by atoms with Gasteiger partial charge in [-0.3, -0.25) is 0 Å². The van der Waals surface area contributed by atoms with Crippen molar-refractivity contribution in [1.82, 2.24) is 0 Å². The van der Waals surface area contributed by atoms with E-state index in [9.17, 15) is 0 Å². The predicted octanol–water partition coefficient (Wildman–Crippen LogP) is 4.12. The first-order chi connectivity index (χ1) is 8.22. The fraction of sp³-hybridized carbons (Fsp3) is 0.143. The Kier molecular flexibility index (Phi) is 3.55. The Labute approximate surface area is 106 Å². The zero-order chi connectivity index (χ0) is 12.3. The molecule has 0 bridgehead atoms. The van der Waals surface area contributed by atoms with E-state index in [2.05, 4.69) is 0 Å². The Morgan fingerprint density at radius 2 is 1.76 bits per heavy atom. The minimum absolute atomic E-state index is 0.706. The van der Waals surface area contributed by atoms with Gasteiger partial charge in [-0.1, -0.05) is 29.8 Å². The maximum absolute atomic E-state index is 6.20. The molecular weight excluding hydrogens is 234 g/mol. The van der Waals surface area contributed by atoms with E-state index in [1.165, 1.54) is 0 Å². The molecule has 0 radical (unpaired) electrons. The molecule has 0 heterocycles. The van der Waals surface area contributed by atoms with Crippen LogP contribution in [0.15, 0.2) is 48.5 Å². The Morgan fingerprint density at radius 1 is 1.06 bits per heavy atom. The minimum atomic E-state index is 0.706. The van der Waals surface area contributed by atoms with Crippen molar-refractivity contribution in [1.29, 1.82) is 0 Å². The molecule has 0 aromatic heterocycles. The van der Waals surface area contributed by atoms with Gasteiger partial charge in [0, 0.05) is 18.8 Å². The number of anilines is 2. The fourth-order valence-electron chi connectivity index (χ4n) is 1.67. The van der Waals surface area contributed by atoms with Crippen LogP contribution in [-0.2, 0) is 0 Å². The van der Waals surface area contributed by atoms with Crippen molar-refractivity contribution in [3.05, 3.63) is 53.6 Å². The zero-order valence-electron chi connectivity index (χ0n) is 9.85. The Hall–Kier alpha value is -1.67. The van der Waals surface area contributed by atoms with Crippen LogP contribution in [0, 0.1) is 0 Å². The molecule has 0 unspecified atom stereocenters. The van der Waals surface area contributed by atoms with Crippen LogP contribution < -0.4 is 9.64 Å². The van der Waals surface area contributed by atoms with Crippen molar-refractivity contribution in [2.24, 2.45) is 0 Å². The SMILES string of the molecule is COc1ccc(Cl)c(N(C)c2ccccc2)c1. The van der Waals surface area contributed by atoms with Crippen LogP contribution in [0.3, 0.4) is 0 Å². The van der Waals surface area contributed by atoms with Crippen LogP contribution in [0.5, 0.6) is 5.75 Å². The number of methoxy groups -OCH3 is 1. The molecule has 0 amide bonds. The molecule has 88 valence electrons. The summed E-state index contributed by atoms with van der Waals surface area (Å²) >= 11 is 6.20. The molecule has 2 nitrogen and oxygen atoms in total. The van der Waals surface area contributed by atoms with Gasteiger partial charge in [0.2, 0.25) is 0 Å². The van der Waals surface area contributed by atoms with Gasteiger partial charge in [-0.2, -0.15) is 0 Å². The van der Waals surface area contributed by atoms with Crippen LogP contribution >= 0.6 is 11.6 Å². The lowest BCUT2D eigenvalue weighted by Gasteiger charge is -2.21. The monoisotopic (exact) mass is 247 g/mol. The molecule has 0 saturated heterocycles. The first-order valence-corrected chi connectivity index (χ1v) is 5.72. The number of benzene rings is 2. The standard InChI is InChI=1S/C14H14ClNO/c1-16(11-6-4-3-5-7-11)14-10-12(17-2)8-9-13(14)15/h3-10H,1-2H3. The smallest absolute Gasteiger partial charge is 0.121 e. The average molecular weight is 248 g/mol. The second kappa shape index (κ2) is 5.11. The molecule has 2 aromatic carbocycles. The normalized spacial score (nSPS) is 10.1. The predicted molar refractivity (Wildman–Crippen MR) is 72.5 cm³/mol. The van der Waals surface area contributed by atoms with Crippen LogP contribution in [0.2, 0.25) is 5.02 Å². The summed E-state index contributed by atoms with van der Waals surface area (Å²) in [6.07, 6.45) is 0. The summed E-state index contributed by atoms with van der Waals surface area (Å²) in [5.74, 6) is 0.798. The maximum atomic E-state index is 6.20. The first-order valence-electron chi connectivity index (χ1n) is 5.34. The van der Waals surface area contributed by atoms with Crippen molar-refractivity contribution in [2.75, 3.05) is 19.1 Å². The van der Waals surface area contributed by atoms with Crippen molar-refractivity contribution in [3.8, 4) is 5.75 Å². The van der Waals surface area contributed by atoms with Gasteiger partial charge in [0.15, 0.2) is 0 Å². The molecule has 0 aliphatic rings. The molecule has 0 saturated carbocycles. The van der Waals surface area contributed by atoms with E-state index in [-0.39, 0.29) is 0 Å². The minimum Gasteiger partial charge on any atom is -0.497 e. The number of ether oxygens (including phenoxy) is 1. The highest BCUT2D eigenvalue weighted by Crippen LogP contribution is 2.33. The Balaban J connectivity index is 2.40. The molecule has 0 spiro atoms. The van der Waals surface area contributed by atoms with E-state index in [0.717, 1.165) is 17.1 Å². The summed E-state index contributed by atoms with van der Waals surface area (Å²) in [4.78, 5) is 2.03. The number of nitrogens with zero attached hydrogens (tertiary/aromatic N) is 1. The molecule has 0 aliphatic carbocycles. The molecule has 17 heavy (non-hydrogen) atoms. The molecule has 0 fully saturated rings. The van der Waals surface area contributed by atoms with Gasteiger partial charge >= 0.3 is 0 Å². The summed E-state index contributed by atoms with van der Waals surface area (Å²) in [6.45, 7) is 0. The maximum Gasteiger partial charge on any atom is 0.121 e. The van der Waals surface area contributed by atoms with E-state index in [1.807, 2.05) is 60.5 Å². The molecular formula is C14H14ClNO. The molecule has 0 atom stereocenters. The van der Waals surface area contributed by atoms with Crippen molar-refractivity contribution in [3.63, 3.8) is 0 Å². The second-order valence-electron chi connectivity index (χ2n) is 3.71. The molecule has 3 heteroatoms. The summed E-state index contributed by atoms with van der Waals surface area (Å²) < 4.78 is 5.21. The van der Waals surface area contributed by atoms with Gasteiger partial charge in [0.1, 0.15) is 5.75 Å². The zero-order valence-corrected chi connectivity index (χ0v) is 10.6. The number of halogens is 1. The summed E-state index contributed by atoms with van der Waals surface area (Å²) in [5.41, 5.74) is 2.01. The van der Waals surface area contributed by atoms with Crippen LogP contribution in [0.4, 0.5) is 11.4 Å². The summed E-state index contributed by atoms with van der Waals surface area (Å²) in [7, 11) is 3.63. The molecule has 0 N–H and O–H groups in total. The summed E-state index contributed by atoms with van der Waals surface area (Å²) in [6, 6.07) is 15.7. The third-order valence-corrected chi connectivity index (χ3v) is 2.98. The molecule has 2 rings (SSSR count). The van der Waals surface area contributed by atoms with Crippen LogP contribution in [0.25, 0.3) is 0 Å². The van der Waals surface area contributed by atoms with Gasteiger partial charge in [-0.15, -0.1) is 0 Å². The van der Waals surface area contributed by atoms with E-state index >= 15 is 0 Å². The van der Waals surface area contributed by atoms with E-state index < -0.39 is 0 Å². The quantitative estimate of drug-likeness (QED) is 0.809. The fourth-order valence-corrected chi connectivity index (χ4v) is 1.91. The molecule has 2 aromatic rings. The Morgan fingerprint density at radius 3 is 2.41 bits per heavy atom. The van der Waals surface area contributed by atoms with Gasteiger partial charge in [-0.05, 0) is 24.3 Å². The van der Waals surface area contributed by atoms with E-state index in [4.69, 9.17) is 16.3 Å². The van der Waals surface area contributed by atoms with E-state index in [0.29, 0.717) is 5.02 Å². The number of hydrogen-bond donors (Lipinski definition) is 0. The first kappa shape index (κ1) is 11.8. The topological polar surface area (TPSA) is 12.5 Å². The number of hydrogen-bond acceptors (Lipinski definition) is 2.